The van der Waals surface area contributed by atoms with Crippen molar-refractivity contribution in [2.24, 2.45) is 0 Å². The van der Waals surface area contributed by atoms with Crippen LogP contribution in [0.25, 0.3) is 11.4 Å². The fraction of sp³-hybridized carbons (Fsp3) is 0.444. The average molecular weight is 309 g/mol. The first kappa shape index (κ1) is 14.6. The molecule has 2 aliphatic rings. The maximum absolute atomic E-state index is 4.87. The Morgan fingerprint density at radius 2 is 1.96 bits per heavy atom. The van der Waals surface area contributed by atoms with Crippen LogP contribution in [0.2, 0.25) is 0 Å². The predicted octanol–water partition coefficient (Wildman–Crippen LogP) is 1.95. The zero-order chi connectivity index (χ0) is 15.5. The summed E-state index contributed by atoms with van der Waals surface area (Å²) in [4.78, 5) is 9.68. The number of hydrogen-bond acceptors (Lipinski definition) is 5. The summed E-state index contributed by atoms with van der Waals surface area (Å²) < 4.78 is 0. The van der Waals surface area contributed by atoms with Gasteiger partial charge in [0.1, 0.15) is 5.82 Å². The summed E-state index contributed by atoms with van der Waals surface area (Å²) in [6.07, 6.45) is 3.41. The van der Waals surface area contributed by atoms with Crippen LogP contribution >= 0.6 is 0 Å². The zero-order valence-electron chi connectivity index (χ0n) is 13.3. The van der Waals surface area contributed by atoms with Crippen LogP contribution in [0.15, 0.2) is 30.3 Å². The standard InChI is InChI=1S/C18H23N5/c1-2-5-13(6-3-1)17-22-16-12-20-10-8-15(16)18(23-17)21-14-7-4-9-19-11-14/h1-3,5-6,14,19-20H,4,7-12H2,(H,21,22,23). The van der Waals surface area contributed by atoms with Crippen molar-refractivity contribution in [1.82, 2.24) is 20.6 Å². The highest BCUT2D eigenvalue weighted by Crippen LogP contribution is 2.26. The Morgan fingerprint density at radius 1 is 1.04 bits per heavy atom. The minimum atomic E-state index is 0.459. The molecule has 1 unspecified atom stereocenters. The number of aromatic nitrogens is 2. The molecule has 3 heterocycles. The third-order valence-electron chi connectivity index (χ3n) is 4.61. The number of anilines is 1. The SMILES string of the molecule is c1ccc(-c2nc3c(c(NC4CCCNC4)n2)CCNC3)cc1. The van der Waals surface area contributed by atoms with Crippen LogP contribution in [0.1, 0.15) is 24.1 Å². The van der Waals surface area contributed by atoms with Crippen LogP contribution < -0.4 is 16.0 Å². The highest BCUT2D eigenvalue weighted by Gasteiger charge is 2.21. The predicted molar refractivity (Wildman–Crippen MR) is 92.4 cm³/mol. The monoisotopic (exact) mass is 309 g/mol. The van der Waals surface area contributed by atoms with Crippen molar-refractivity contribution in [2.75, 3.05) is 25.0 Å². The lowest BCUT2D eigenvalue weighted by molar-refractivity contribution is 0.478. The first-order valence-electron chi connectivity index (χ1n) is 8.53. The summed E-state index contributed by atoms with van der Waals surface area (Å²) in [6.45, 7) is 3.96. The normalized spacial score (nSPS) is 20.8. The molecule has 23 heavy (non-hydrogen) atoms. The van der Waals surface area contributed by atoms with Crippen molar-refractivity contribution in [2.45, 2.75) is 31.8 Å². The zero-order valence-corrected chi connectivity index (χ0v) is 13.3. The molecule has 1 aromatic carbocycles. The first-order valence-corrected chi connectivity index (χ1v) is 8.53. The van der Waals surface area contributed by atoms with E-state index in [1.165, 1.54) is 18.4 Å². The van der Waals surface area contributed by atoms with Crippen molar-refractivity contribution in [1.29, 1.82) is 0 Å². The molecule has 1 fully saturated rings. The Bertz CT molecular complexity index is 665. The molecule has 3 N–H and O–H groups in total. The van der Waals surface area contributed by atoms with Crippen LogP contribution in [-0.2, 0) is 13.0 Å². The van der Waals surface area contributed by atoms with Gasteiger partial charge in [0, 0.05) is 30.3 Å². The van der Waals surface area contributed by atoms with E-state index in [-0.39, 0.29) is 0 Å². The lowest BCUT2D eigenvalue weighted by atomic mass is 10.0. The van der Waals surface area contributed by atoms with Gasteiger partial charge >= 0.3 is 0 Å². The molecule has 2 aromatic rings. The van der Waals surface area contributed by atoms with E-state index in [4.69, 9.17) is 9.97 Å². The number of piperidine rings is 1. The van der Waals surface area contributed by atoms with Crippen molar-refractivity contribution < 1.29 is 0 Å². The summed E-state index contributed by atoms with van der Waals surface area (Å²) in [5.41, 5.74) is 3.50. The van der Waals surface area contributed by atoms with Gasteiger partial charge in [-0.05, 0) is 32.4 Å². The minimum Gasteiger partial charge on any atom is -0.366 e. The molecule has 5 heteroatoms. The Labute approximate surface area is 136 Å². The van der Waals surface area contributed by atoms with Gasteiger partial charge in [0.15, 0.2) is 5.82 Å². The molecule has 120 valence electrons. The molecule has 0 spiro atoms. The molecule has 2 aliphatic heterocycles. The van der Waals surface area contributed by atoms with Gasteiger partial charge in [0.05, 0.1) is 5.69 Å². The van der Waals surface area contributed by atoms with Gasteiger partial charge in [-0.2, -0.15) is 0 Å². The van der Waals surface area contributed by atoms with E-state index in [0.717, 1.165) is 55.5 Å². The number of hydrogen-bond donors (Lipinski definition) is 3. The van der Waals surface area contributed by atoms with Crippen LogP contribution in [0.4, 0.5) is 5.82 Å². The van der Waals surface area contributed by atoms with Crippen LogP contribution in [-0.4, -0.2) is 35.6 Å². The lowest BCUT2D eigenvalue weighted by Crippen LogP contribution is -2.39. The number of nitrogens with zero attached hydrogens (tertiary/aromatic N) is 2. The van der Waals surface area contributed by atoms with Crippen molar-refractivity contribution >= 4 is 5.82 Å². The van der Waals surface area contributed by atoms with Crippen molar-refractivity contribution in [3.63, 3.8) is 0 Å². The maximum Gasteiger partial charge on any atom is 0.161 e. The van der Waals surface area contributed by atoms with Crippen molar-refractivity contribution in [3.8, 4) is 11.4 Å². The minimum absolute atomic E-state index is 0.459. The smallest absolute Gasteiger partial charge is 0.161 e. The Hall–Kier alpha value is -1.98. The van der Waals surface area contributed by atoms with Gasteiger partial charge in [-0.1, -0.05) is 30.3 Å². The van der Waals surface area contributed by atoms with E-state index in [9.17, 15) is 0 Å². The van der Waals surface area contributed by atoms with Gasteiger partial charge in [-0.25, -0.2) is 9.97 Å². The molecule has 0 amide bonds. The van der Waals surface area contributed by atoms with Gasteiger partial charge < -0.3 is 16.0 Å². The summed E-state index contributed by atoms with van der Waals surface area (Å²) in [5.74, 6) is 1.85. The molecular formula is C18H23N5. The Balaban J connectivity index is 1.70. The van der Waals surface area contributed by atoms with E-state index >= 15 is 0 Å². The van der Waals surface area contributed by atoms with E-state index in [2.05, 4.69) is 28.1 Å². The Morgan fingerprint density at radius 3 is 2.78 bits per heavy atom. The molecule has 1 atom stereocenters. The van der Waals surface area contributed by atoms with E-state index in [1.807, 2.05) is 18.2 Å². The molecule has 1 aromatic heterocycles. The quantitative estimate of drug-likeness (QED) is 0.809. The third-order valence-corrected chi connectivity index (χ3v) is 4.61. The first-order chi connectivity index (χ1) is 11.4. The second-order valence-corrected chi connectivity index (χ2v) is 6.30. The molecule has 0 bridgehead atoms. The fourth-order valence-corrected chi connectivity index (χ4v) is 3.36. The summed E-state index contributed by atoms with van der Waals surface area (Å²) in [5, 5.41) is 10.6. The van der Waals surface area contributed by atoms with E-state index < -0.39 is 0 Å². The molecule has 5 nitrogen and oxygen atoms in total. The number of rotatable bonds is 3. The van der Waals surface area contributed by atoms with E-state index in [1.54, 1.807) is 0 Å². The second kappa shape index (κ2) is 6.64. The Kier molecular flexibility index (Phi) is 4.22. The summed E-state index contributed by atoms with van der Waals surface area (Å²) >= 11 is 0. The molecule has 0 aliphatic carbocycles. The topological polar surface area (TPSA) is 61.9 Å². The fourth-order valence-electron chi connectivity index (χ4n) is 3.36. The molecular weight excluding hydrogens is 286 g/mol. The highest BCUT2D eigenvalue weighted by molar-refractivity contribution is 5.60. The summed E-state index contributed by atoms with van der Waals surface area (Å²) in [7, 11) is 0. The van der Waals surface area contributed by atoms with Gasteiger partial charge in [-0.3, -0.25) is 0 Å². The van der Waals surface area contributed by atoms with Gasteiger partial charge in [-0.15, -0.1) is 0 Å². The molecule has 0 radical (unpaired) electrons. The van der Waals surface area contributed by atoms with Crippen LogP contribution in [0, 0.1) is 0 Å². The van der Waals surface area contributed by atoms with Crippen molar-refractivity contribution in [3.05, 3.63) is 41.6 Å². The second-order valence-electron chi connectivity index (χ2n) is 6.30. The highest BCUT2D eigenvalue weighted by atomic mass is 15.1. The van der Waals surface area contributed by atoms with Crippen LogP contribution in [0.5, 0.6) is 0 Å². The van der Waals surface area contributed by atoms with Gasteiger partial charge in [0.2, 0.25) is 0 Å². The van der Waals surface area contributed by atoms with Gasteiger partial charge in [0.25, 0.3) is 0 Å². The molecule has 0 saturated carbocycles. The lowest BCUT2D eigenvalue weighted by Gasteiger charge is -2.27. The molecule has 4 rings (SSSR count). The van der Waals surface area contributed by atoms with Crippen LogP contribution in [0.3, 0.4) is 0 Å². The number of nitrogens with one attached hydrogen (secondary N) is 3. The summed E-state index contributed by atoms with van der Waals surface area (Å²) in [6, 6.07) is 10.7. The number of fused-ring (bicyclic) bond motifs is 1. The average Bonchev–Trinajstić information content (AvgIpc) is 2.63. The number of benzene rings is 1. The largest absolute Gasteiger partial charge is 0.366 e. The van der Waals surface area contributed by atoms with E-state index in [0.29, 0.717) is 6.04 Å². The molecule has 1 saturated heterocycles. The maximum atomic E-state index is 4.87. The third kappa shape index (κ3) is 3.21.